The number of aryl methyl sites for hydroxylation is 1. The Morgan fingerprint density at radius 3 is 2.55 bits per heavy atom. The van der Waals surface area contributed by atoms with Crippen molar-refractivity contribution in [3.05, 3.63) is 51.9 Å². The molecule has 3 rings (SSSR count). The molecule has 2 amide bonds. The molecule has 1 aromatic carbocycles. The fraction of sp³-hybridized carbons (Fsp3) is 0.364. The number of anilines is 1. The number of thiophene rings is 1. The first-order valence-electron chi connectivity index (χ1n) is 10.0. The van der Waals surface area contributed by atoms with E-state index < -0.39 is 36.4 Å². The van der Waals surface area contributed by atoms with Crippen molar-refractivity contribution in [2.75, 3.05) is 18.5 Å². The van der Waals surface area contributed by atoms with E-state index in [0.29, 0.717) is 16.1 Å². The van der Waals surface area contributed by atoms with Crippen molar-refractivity contribution in [3.8, 4) is 0 Å². The summed E-state index contributed by atoms with van der Waals surface area (Å²) in [6.07, 6.45) is 2.59. The zero-order valence-corrected chi connectivity index (χ0v) is 18.2. The minimum atomic E-state index is -0.930. The zero-order chi connectivity index (χ0) is 22.4. The quantitative estimate of drug-likeness (QED) is 0.606. The van der Waals surface area contributed by atoms with Gasteiger partial charge in [-0.15, -0.1) is 11.3 Å². The van der Waals surface area contributed by atoms with Crippen LogP contribution in [-0.2, 0) is 31.9 Å². The van der Waals surface area contributed by atoms with Gasteiger partial charge in [0.25, 0.3) is 11.8 Å². The normalized spacial score (nSPS) is 13.1. The van der Waals surface area contributed by atoms with Gasteiger partial charge < -0.3 is 20.1 Å². The largest absolute Gasteiger partial charge is 0.462 e. The van der Waals surface area contributed by atoms with E-state index in [1.54, 1.807) is 37.3 Å². The average molecular weight is 445 g/mol. The molecule has 1 heterocycles. The third-order valence-electron chi connectivity index (χ3n) is 4.74. The van der Waals surface area contributed by atoms with Crippen molar-refractivity contribution in [1.29, 1.82) is 0 Å². The van der Waals surface area contributed by atoms with Crippen LogP contribution < -0.4 is 10.6 Å². The standard InChI is InChI=1S/C22H24N2O6S/c1-3-29-22(28)18-15-10-7-11-16(15)31-20(18)24-17(25)12-30-21(27)13(2)23-19(26)14-8-5-4-6-9-14/h4-6,8-9,13H,3,7,10-12H2,1-2H3,(H,23,26)(H,24,25). The lowest BCUT2D eigenvalue weighted by Crippen LogP contribution is -2.40. The number of nitrogens with one attached hydrogen (secondary N) is 2. The lowest BCUT2D eigenvalue weighted by atomic mass is 10.1. The highest BCUT2D eigenvalue weighted by Crippen LogP contribution is 2.39. The molecule has 9 heteroatoms. The number of amides is 2. The first-order valence-corrected chi connectivity index (χ1v) is 10.9. The van der Waals surface area contributed by atoms with E-state index in [-0.39, 0.29) is 6.61 Å². The fourth-order valence-corrected chi connectivity index (χ4v) is 4.56. The number of ether oxygens (including phenoxy) is 2. The van der Waals surface area contributed by atoms with Crippen molar-refractivity contribution in [3.63, 3.8) is 0 Å². The summed E-state index contributed by atoms with van der Waals surface area (Å²) >= 11 is 1.35. The van der Waals surface area contributed by atoms with Crippen LogP contribution in [0.25, 0.3) is 0 Å². The molecule has 0 aliphatic heterocycles. The molecular weight excluding hydrogens is 420 g/mol. The predicted octanol–water partition coefficient (Wildman–Crippen LogP) is 2.71. The van der Waals surface area contributed by atoms with Crippen molar-refractivity contribution >= 4 is 40.1 Å². The number of esters is 2. The Hall–Kier alpha value is -3.20. The summed E-state index contributed by atoms with van der Waals surface area (Å²) in [5, 5.41) is 5.60. The summed E-state index contributed by atoms with van der Waals surface area (Å²) in [4.78, 5) is 50.0. The highest BCUT2D eigenvalue weighted by molar-refractivity contribution is 7.17. The van der Waals surface area contributed by atoms with Crippen LogP contribution in [0.3, 0.4) is 0 Å². The number of carbonyl (C=O) groups is 4. The Kier molecular flexibility index (Phi) is 7.41. The maximum atomic E-state index is 12.4. The van der Waals surface area contributed by atoms with E-state index in [0.717, 1.165) is 29.7 Å². The van der Waals surface area contributed by atoms with Crippen LogP contribution in [-0.4, -0.2) is 43.0 Å². The van der Waals surface area contributed by atoms with Crippen LogP contribution in [0.15, 0.2) is 30.3 Å². The molecule has 1 aliphatic rings. The topological polar surface area (TPSA) is 111 Å². The number of carbonyl (C=O) groups excluding carboxylic acids is 4. The second kappa shape index (κ2) is 10.2. The fourth-order valence-electron chi connectivity index (χ4n) is 3.26. The van der Waals surface area contributed by atoms with Gasteiger partial charge in [0.2, 0.25) is 0 Å². The lowest BCUT2D eigenvalue weighted by Gasteiger charge is -2.13. The van der Waals surface area contributed by atoms with Gasteiger partial charge in [0.15, 0.2) is 6.61 Å². The Morgan fingerprint density at radius 2 is 1.84 bits per heavy atom. The molecule has 0 bridgehead atoms. The van der Waals surface area contributed by atoms with E-state index in [9.17, 15) is 19.2 Å². The Labute approximate surface area is 183 Å². The molecule has 0 spiro atoms. The number of rotatable bonds is 8. The molecule has 164 valence electrons. The Bertz CT molecular complexity index is 985. The minimum absolute atomic E-state index is 0.237. The molecule has 8 nitrogen and oxygen atoms in total. The summed E-state index contributed by atoms with van der Waals surface area (Å²) in [7, 11) is 0. The molecule has 2 aromatic rings. The Balaban J connectivity index is 1.55. The average Bonchev–Trinajstić information content (AvgIpc) is 3.33. The van der Waals surface area contributed by atoms with Crippen molar-refractivity contribution in [2.24, 2.45) is 0 Å². The molecule has 0 radical (unpaired) electrons. The maximum Gasteiger partial charge on any atom is 0.341 e. The molecule has 1 aromatic heterocycles. The SMILES string of the molecule is CCOC(=O)c1c(NC(=O)COC(=O)C(C)NC(=O)c2ccccc2)sc2c1CCC2. The molecule has 0 saturated heterocycles. The van der Waals surface area contributed by atoms with Gasteiger partial charge in [-0.1, -0.05) is 18.2 Å². The molecule has 1 unspecified atom stereocenters. The van der Waals surface area contributed by atoms with Crippen LogP contribution >= 0.6 is 11.3 Å². The molecule has 0 saturated carbocycles. The smallest absolute Gasteiger partial charge is 0.341 e. The highest BCUT2D eigenvalue weighted by atomic mass is 32.1. The number of fused-ring (bicyclic) bond motifs is 1. The van der Waals surface area contributed by atoms with E-state index in [1.807, 2.05) is 0 Å². The van der Waals surface area contributed by atoms with E-state index in [2.05, 4.69) is 10.6 Å². The molecule has 2 N–H and O–H groups in total. The number of benzene rings is 1. The van der Waals surface area contributed by atoms with Gasteiger partial charge in [0.05, 0.1) is 12.2 Å². The van der Waals surface area contributed by atoms with Crippen LogP contribution in [0.2, 0.25) is 0 Å². The van der Waals surface area contributed by atoms with Crippen LogP contribution in [0.4, 0.5) is 5.00 Å². The summed E-state index contributed by atoms with van der Waals surface area (Å²) in [5.41, 5.74) is 1.73. The van der Waals surface area contributed by atoms with Gasteiger partial charge in [-0.25, -0.2) is 9.59 Å². The summed E-state index contributed by atoms with van der Waals surface area (Å²) < 4.78 is 10.2. The molecule has 31 heavy (non-hydrogen) atoms. The van der Waals surface area contributed by atoms with Gasteiger partial charge in [0.1, 0.15) is 11.0 Å². The van der Waals surface area contributed by atoms with Crippen molar-refractivity contribution in [2.45, 2.75) is 39.2 Å². The van der Waals surface area contributed by atoms with Gasteiger partial charge >= 0.3 is 11.9 Å². The first-order chi connectivity index (χ1) is 14.9. The molecule has 1 atom stereocenters. The summed E-state index contributed by atoms with van der Waals surface area (Å²) in [5.74, 6) is -2.19. The predicted molar refractivity (Wildman–Crippen MR) is 115 cm³/mol. The maximum absolute atomic E-state index is 12.4. The molecular formula is C22H24N2O6S. The third kappa shape index (κ3) is 5.49. The first kappa shape index (κ1) is 22.5. The van der Waals surface area contributed by atoms with Gasteiger partial charge in [-0.2, -0.15) is 0 Å². The summed E-state index contributed by atoms with van der Waals surface area (Å²) in [6, 6.07) is 7.53. The van der Waals surface area contributed by atoms with Crippen LogP contribution in [0, 0.1) is 0 Å². The Morgan fingerprint density at radius 1 is 1.10 bits per heavy atom. The molecule has 1 aliphatic carbocycles. The number of hydrogen-bond acceptors (Lipinski definition) is 7. The second-order valence-electron chi connectivity index (χ2n) is 7.00. The van der Waals surface area contributed by atoms with Crippen molar-refractivity contribution < 1.29 is 28.7 Å². The lowest BCUT2D eigenvalue weighted by molar-refractivity contribution is -0.148. The zero-order valence-electron chi connectivity index (χ0n) is 17.4. The van der Waals surface area contributed by atoms with Crippen LogP contribution in [0.5, 0.6) is 0 Å². The highest BCUT2D eigenvalue weighted by Gasteiger charge is 2.28. The van der Waals surface area contributed by atoms with Gasteiger partial charge in [-0.3, -0.25) is 9.59 Å². The number of hydrogen-bond donors (Lipinski definition) is 2. The molecule has 0 fully saturated rings. The minimum Gasteiger partial charge on any atom is -0.462 e. The van der Waals surface area contributed by atoms with E-state index in [4.69, 9.17) is 9.47 Å². The monoisotopic (exact) mass is 444 g/mol. The van der Waals surface area contributed by atoms with Crippen molar-refractivity contribution in [1.82, 2.24) is 5.32 Å². The van der Waals surface area contributed by atoms with Gasteiger partial charge in [0, 0.05) is 10.4 Å². The van der Waals surface area contributed by atoms with E-state index >= 15 is 0 Å². The second-order valence-corrected chi connectivity index (χ2v) is 8.10. The van der Waals surface area contributed by atoms with Gasteiger partial charge in [-0.05, 0) is 50.8 Å². The third-order valence-corrected chi connectivity index (χ3v) is 5.94. The summed E-state index contributed by atoms with van der Waals surface area (Å²) in [6.45, 7) is 2.90. The van der Waals surface area contributed by atoms with E-state index in [1.165, 1.54) is 18.3 Å². The van der Waals surface area contributed by atoms with Crippen LogP contribution in [0.1, 0.15) is 51.4 Å².